The van der Waals surface area contributed by atoms with Gasteiger partial charge in [0.2, 0.25) is 6.10 Å². The molecular weight excluding hydrogens is 376 g/mol. The molecule has 1 fully saturated rings. The van der Waals surface area contributed by atoms with Crippen molar-refractivity contribution in [2.75, 3.05) is 6.61 Å². The average Bonchev–Trinajstić information content (AvgIpc) is 3.43. The summed E-state index contributed by atoms with van der Waals surface area (Å²) in [6, 6.07) is 14.0. The van der Waals surface area contributed by atoms with Crippen LogP contribution in [0.15, 0.2) is 60.1 Å². The highest BCUT2D eigenvalue weighted by molar-refractivity contribution is 7.13. The fraction of sp³-hybridized carbons (Fsp3) is 0.190. The molecule has 3 aromatic rings. The monoisotopic (exact) mass is 394 g/mol. The number of ether oxygens (including phenoxy) is 2. The summed E-state index contributed by atoms with van der Waals surface area (Å²) in [5.41, 5.74) is 2.75. The maximum Gasteiger partial charge on any atom is 0.347 e. The van der Waals surface area contributed by atoms with Gasteiger partial charge in [0.15, 0.2) is 0 Å². The van der Waals surface area contributed by atoms with E-state index in [4.69, 9.17) is 14.6 Å². The molecule has 28 heavy (non-hydrogen) atoms. The molecule has 4 rings (SSSR count). The number of aromatic nitrogens is 2. The molecule has 0 saturated carbocycles. The number of carbonyl (C=O) groups excluding carboxylic acids is 2. The Hall–Kier alpha value is -3.19. The summed E-state index contributed by atoms with van der Waals surface area (Å²) in [7, 11) is 0. The lowest BCUT2D eigenvalue weighted by Crippen LogP contribution is -2.21. The maximum absolute atomic E-state index is 12.1. The predicted octanol–water partition coefficient (Wildman–Crippen LogP) is 3.53. The first-order chi connectivity index (χ1) is 13.7. The second-order valence-corrected chi connectivity index (χ2v) is 7.26. The lowest BCUT2D eigenvalue weighted by molar-refractivity contribution is -0.156. The van der Waals surface area contributed by atoms with Crippen molar-refractivity contribution in [2.24, 2.45) is 0 Å². The molecule has 142 valence electrons. The Morgan fingerprint density at radius 1 is 1.29 bits per heavy atom. The highest BCUT2D eigenvalue weighted by Gasteiger charge is 2.29. The number of cyclic esters (lactones) is 1. The Kier molecular flexibility index (Phi) is 5.34. The average molecular weight is 394 g/mol. The normalized spacial score (nSPS) is 16.4. The molecule has 2 aromatic heterocycles. The number of nitrogens with zero attached hydrogens (tertiary/aromatic N) is 2. The van der Waals surface area contributed by atoms with Crippen LogP contribution in [0.4, 0.5) is 0 Å². The third-order valence-electron chi connectivity index (χ3n) is 4.28. The predicted molar refractivity (Wildman–Crippen MR) is 106 cm³/mol. The van der Waals surface area contributed by atoms with Crippen LogP contribution in [0.3, 0.4) is 0 Å². The quantitative estimate of drug-likeness (QED) is 0.472. The summed E-state index contributed by atoms with van der Waals surface area (Å²) < 4.78 is 11.8. The molecule has 1 atom stereocenters. The third-order valence-corrected chi connectivity index (χ3v) is 5.15. The smallest absolute Gasteiger partial charge is 0.347 e. The highest BCUT2D eigenvalue weighted by atomic mass is 32.1. The Morgan fingerprint density at radius 3 is 2.86 bits per heavy atom. The van der Waals surface area contributed by atoms with E-state index in [9.17, 15) is 9.59 Å². The fourth-order valence-corrected chi connectivity index (χ4v) is 3.67. The van der Waals surface area contributed by atoms with Crippen molar-refractivity contribution >= 4 is 29.4 Å². The summed E-state index contributed by atoms with van der Waals surface area (Å²) in [6.07, 6.45) is 4.48. The largest absolute Gasteiger partial charge is 0.463 e. The van der Waals surface area contributed by atoms with Crippen LogP contribution in [-0.4, -0.2) is 34.4 Å². The van der Waals surface area contributed by atoms with Crippen LogP contribution in [-0.2, 0) is 25.6 Å². The molecule has 1 saturated heterocycles. The molecule has 6 nitrogen and oxygen atoms in total. The molecule has 0 spiro atoms. The third kappa shape index (κ3) is 4.20. The molecule has 3 heterocycles. The number of rotatable bonds is 6. The second kappa shape index (κ2) is 8.22. The van der Waals surface area contributed by atoms with Crippen LogP contribution in [0.1, 0.15) is 17.5 Å². The van der Waals surface area contributed by atoms with E-state index in [1.807, 2.05) is 58.7 Å². The molecule has 0 bridgehead atoms. The highest BCUT2D eigenvalue weighted by Crippen LogP contribution is 2.28. The van der Waals surface area contributed by atoms with Crippen molar-refractivity contribution in [3.8, 4) is 10.6 Å². The van der Waals surface area contributed by atoms with Gasteiger partial charge in [-0.3, -0.25) is 4.68 Å². The minimum atomic E-state index is -0.810. The lowest BCUT2D eigenvalue weighted by Gasteiger charge is -2.04. The topological polar surface area (TPSA) is 70.4 Å². The van der Waals surface area contributed by atoms with Gasteiger partial charge in [0.1, 0.15) is 5.69 Å². The summed E-state index contributed by atoms with van der Waals surface area (Å²) in [5, 5.41) is 6.68. The number of benzene rings is 1. The van der Waals surface area contributed by atoms with E-state index in [1.54, 1.807) is 17.4 Å². The number of carbonyl (C=O) groups is 2. The van der Waals surface area contributed by atoms with Gasteiger partial charge in [-0.15, -0.1) is 11.3 Å². The van der Waals surface area contributed by atoms with Gasteiger partial charge < -0.3 is 9.47 Å². The Bertz CT molecular complexity index is 993. The summed E-state index contributed by atoms with van der Waals surface area (Å²) in [4.78, 5) is 24.5. The first-order valence-corrected chi connectivity index (χ1v) is 9.77. The van der Waals surface area contributed by atoms with Gasteiger partial charge in [0, 0.05) is 24.3 Å². The minimum absolute atomic E-state index is 0.287. The molecule has 7 heteroatoms. The molecule has 0 radical (unpaired) electrons. The molecule has 0 N–H and O–H groups in total. The van der Waals surface area contributed by atoms with Crippen LogP contribution in [0, 0.1) is 0 Å². The first kappa shape index (κ1) is 18.2. The molecule has 1 aromatic carbocycles. The van der Waals surface area contributed by atoms with Crippen molar-refractivity contribution in [2.45, 2.75) is 19.1 Å². The zero-order valence-electron chi connectivity index (χ0n) is 15.0. The van der Waals surface area contributed by atoms with Gasteiger partial charge in [-0.05, 0) is 23.1 Å². The lowest BCUT2D eigenvalue weighted by atomic mass is 10.2. The van der Waals surface area contributed by atoms with E-state index < -0.39 is 18.0 Å². The van der Waals surface area contributed by atoms with Gasteiger partial charge in [0.05, 0.1) is 18.0 Å². The minimum Gasteiger partial charge on any atom is -0.463 e. The molecule has 1 aliphatic heterocycles. The summed E-state index contributed by atoms with van der Waals surface area (Å²) >= 11 is 1.58. The Balaban J connectivity index is 1.54. The standard InChI is InChI=1S/C21H18N2O4S/c24-19(27-17-10-11-26-21(17)25)9-8-16-14-23(13-15-5-2-1-3-6-15)22-20(16)18-7-4-12-28-18/h1-9,12,14,17H,10-11,13H2/b9-8+/t17-/m0/s1. The summed E-state index contributed by atoms with van der Waals surface area (Å²) in [6.45, 7) is 0.917. The van der Waals surface area contributed by atoms with Gasteiger partial charge >= 0.3 is 11.9 Å². The SMILES string of the molecule is O=C(/C=C/c1cn(Cc2ccccc2)nc1-c1cccs1)O[C@H]1CCOC1=O. The van der Waals surface area contributed by atoms with Crippen LogP contribution >= 0.6 is 11.3 Å². The van der Waals surface area contributed by atoms with E-state index in [2.05, 4.69) is 0 Å². The zero-order chi connectivity index (χ0) is 19.3. The van der Waals surface area contributed by atoms with E-state index in [0.717, 1.165) is 21.7 Å². The van der Waals surface area contributed by atoms with Crippen molar-refractivity contribution in [3.05, 3.63) is 71.2 Å². The fourth-order valence-electron chi connectivity index (χ4n) is 2.94. The van der Waals surface area contributed by atoms with Crippen LogP contribution in [0.2, 0.25) is 0 Å². The van der Waals surface area contributed by atoms with E-state index in [-0.39, 0.29) is 6.61 Å². The summed E-state index contributed by atoms with van der Waals surface area (Å²) in [5.74, 6) is -1.06. The van der Waals surface area contributed by atoms with E-state index >= 15 is 0 Å². The number of thiophene rings is 1. The van der Waals surface area contributed by atoms with Gasteiger partial charge in [-0.1, -0.05) is 36.4 Å². The zero-order valence-corrected chi connectivity index (χ0v) is 15.8. The molecule has 0 aliphatic carbocycles. The van der Waals surface area contributed by atoms with Crippen molar-refractivity contribution in [3.63, 3.8) is 0 Å². The van der Waals surface area contributed by atoms with Gasteiger partial charge in [-0.25, -0.2) is 9.59 Å². The van der Waals surface area contributed by atoms with Gasteiger partial charge in [-0.2, -0.15) is 5.10 Å². The van der Waals surface area contributed by atoms with Crippen molar-refractivity contribution in [1.29, 1.82) is 0 Å². The Labute approximate surface area is 166 Å². The molecule has 1 aliphatic rings. The molecular formula is C21H18N2O4S. The number of hydrogen-bond acceptors (Lipinski definition) is 6. The van der Waals surface area contributed by atoms with E-state index in [0.29, 0.717) is 13.0 Å². The van der Waals surface area contributed by atoms with Crippen molar-refractivity contribution in [1.82, 2.24) is 9.78 Å². The molecule has 0 unspecified atom stereocenters. The van der Waals surface area contributed by atoms with Crippen LogP contribution in [0.25, 0.3) is 16.6 Å². The van der Waals surface area contributed by atoms with Gasteiger partial charge in [0.25, 0.3) is 0 Å². The number of hydrogen-bond donors (Lipinski definition) is 0. The van der Waals surface area contributed by atoms with Crippen LogP contribution < -0.4 is 0 Å². The Morgan fingerprint density at radius 2 is 2.14 bits per heavy atom. The van der Waals surface area contributed by atoms with Crippen molar-refractivity contribution < 1.29 is 19.1 Å². The first-order valence-electron chi connectivity index (χ1n) is 8.89. The number of esters is 2. The maximum atomic E-state index is 12.1. The molecule has 0 amide bonds. The van der Waals surface area contributed by atoms with E-state index in [1.165, 1.54) is 6.08 Å². The van der Waals surface area contributed by atoms with Crippen LogP contribution in [0.5, 0.6) is 0 Å². The second-order valence-electron chi connectivity index (χ2n) is 6.31.